The Labute approximate surface area is 175 Å². The van der Waals surface area contributed by atoms with Gasteiger partial charge in [0, 0.05) is 25.1 Å². The Morgan fingerprint density at radius 3 is 2.83 bits per heavy atom. The summed E-state index contributed by atoms with van der Waals surface area (Å²) < 4.78 is 14.7. The number of piperidine rings is 1. The molecule has 0 spiro atoms. The molecule has 0 radical (unpaired) electrons. The number of likely N-dealkylation sites (tertiary alicyclic amines) is 1. The molecule has 9 nitrogen and oxygen atoms in total. The van der Waals surface area contributed by atoms with Gasteiger partial charge in [-0.05, 0) is 33.6 Å². The number of methoxy groups -OCH3 is 1. The number of fused-ring (bicyclic) bond motifs is 1. The molecule has 1 amide bonds. The summed E-state index contributed by atoms with van der Waals surface area (Å²) in [6.45, 7) is 6.92. The molecule has 1 unspecified atom stereocenters. The first-order chi connectivity index (χ1) is 14.2. The van der Waals surface area contributed by atoms with E-state index in [1.165, 1.54) is 0 Å². The van der Waals surface area contributed by atoms with Crippen molar-refractivity contribution in [3.8, 4) is 17.0 Å². The molecule has 1 saturated heterocycles. The monoisotopic (exact) mass is 413 g/mol. The Morgan fingerprint density at radius 2 is 2.17 bits per heavy atom. The topological polar surface area (TPSA) is 88.6 Å². The van der Waals surface area contributed by atoms with E-state index in [9.17, 15) is 4.79 Å². The normalized spacial score (nSPS) is 17.4. The van der Waals surface area contributed by atoms with Crippen LogP contribution in [0.3, 0.4) is 0 Å². The lowest BCUT2D eigenvalue weighted by Crippen LogP contribution is -2.42. The quantitative estimate of drug-likeness (QED) is 0.667. The van der Waals surface area contributed by atoms with Crippen molar-refractivity contribution in [3.63, 3.8) is 0 Å². The Hall–Kier alpha value is -3.10. The van der Waals surface area contributed by atoms with E-state index in [0.717, 1.165) is 35.3 Å². The van der Waals surface area contributed by atoms with Crippen LogP contribution in [0.2, 0.25) is 0 Å². The largest absolute Gasteiger partial charge is 0.481 e. The van der Waals surface area contributed by atoms with E-state index in [0.29, 0.717) is 19.0 Å². The maximum Gasteiger partial charge on any atom is 0.410 e. The van der Waals surface area contributed by atoms with E-state index in [2.05, 4.69) is 10.2 Å². The number of H-pyrrole nitrogens is 1. The summed E-state index contributed by atoms with van der Waals surface area (Å²) in [5, 5.41) is 7.59. The highest BCUT2D eigenvalue weighted by Gasteiger charge is 2.30. The van der Waals surface area contributed by atoms with Crippen molar-refractivity contribution >= 4 is 11.7 Å². The van der Waals surface area contributed by atoms with Gasteiger partial charge in [-0.3, -0.25) is 0 Å². The van der Waals surface area contributed by atoms with E-state index in [1.807, 2.05) is 51.0 Å². The van der Waals surface area contributed by atoms with Crippen LogP contribution in [0.15, 0.2) is 24.7 Å². The molecule has 30 heavy (non-hydrogen) atoms. The smallest absolute Gasteiger partial charge is 0.410 e. The van der Waals surface area contributed by atoms with Gasteiger partial charge in [0.25, 0.3) is 0 Å². The zero-order valence-corrected chi connectivity index (χ0v) is 18.2. The van der Waals surface area contributed by atoms with E-state index < -0.39 is 5.60 Å². The van der Waals surface area contributed by atoms with Crippen LogP contribution in [0, 0.1) is 0 Å². The second-order valence-electron chi connectivity index (χ2n) is 8.75. The third kappa shape index (κ3) is 3.96. The number of aryl methyl sites for hydroxylation is 1. The first-order valence-electron chi connectivity index (χ1n) is 10.2. The second kappa shape index (κ2) is 7.62. The molecule has 0 aliphatic carbocycles. The van der Waals surface area contributed by atoms with Gasteiger partial charge < -0.3 is 14.4 Å². The van der Waals surface area contributed by atoms with Crippen LogP contribution in [-0.2, 0) is 11.8 Å². The number of nitrogens with zero attached hydrogens (tertiary/aromatic N) is 5. The summed E-state index contributed by atoms with van der Waals surface area (Å²) in [7, 11) is 3.56. The molecule has 0 bridgehead atoms. The molecule has 160 valence electrons. The minimum Gasteiger partial charge on any atom is -0.481 e. The molecular formula is C21H29N6O3+. The van der Waals surface area contributed by atoms with E-state index in [-0.39, 0.29) is 12.0 Å². The lowest BCUT2D eigenvalue weighted by Gasteiger charge is -2.34. The standard InChI is InChI=1S/C21H28N6O3/c1-21(2,3)30-20(28)26-8-6-7-14(13-26)17-9-18(29-5)27-19(24-17)16(11-23-27)15-10-22-25(4)12-15/h9-12,14H,6-8,13H2,1-5H3/p+1. The number of aromatic amines is 1. The summed E-state index contributed by atoms with van der Waals surface area (Å²) in [6, 6.07) is 1.92. The molecule has 1 aliphatic rings. The van der Waals surface area contributed by atoms with Crippen molar-refractivity contribution in [2.75, 3.05) is 20.2 Å². The SMILES string of the molecule is COc1cc(C2CCCN(C(=O)OC(C)(C)C)C2)nc2c(-c3c[nH][n+](C)c3)cnn12. The molecule has 4 heterocycles. The minimum absolute atomic E-state index is 0.107. The molecular weight excluding hydrogens is 384 g/mol. The molecule has 1 N–H and O–H groups in total. The Morgan fingerprint density at radius 1 is 1.37 bits per heavy atom. The van der Waals surface area contributed by atoms with Crippen molar-refractivity contribution in [2.24, 2.45) is 7.05 Å². The number of carbonyl (C=O) groups excluding carboxylic acids is 1. The molecule has 3 aromatic rings. The fraction of sp³-hybridized carbons (Fsp3) is 0.524. The predicted molar refractivity (Wildman–Crippen MR) is 110 cm³/mol. The highest BCUT2D eigenvalue weighted by molar-refractivity contribution is 5.76. The van der Waals surface area contributed by atoms with Crippen molar-refractivity contribution in [1.82, 2.24) is 24.6 Å². The van der Waals surface area contributed by atoms with Crippen LogP contribution in [0.25, 0.3) is 16.8 Å². The number of hydrogen-bond acceptors (Lipinski definition) is 5. The van der Waals surface area contributed by atoms with Gasteiger partial charge in [0.2, 0.25) is 12.1 Å². The highest BCUT2D eigenvalue weighted by atomic mass is 16.6. The van der Waals surface area contributed by atoms with Crippen LogP contribution < -0.4 is 9.42 Å². The Balaban J connectivity index is 1.67. The average molecular weight is 414 g/mol. The van der Waals surface area contributed by atoms with Crippen LogP contribution in [0.5, 0.6) is 5.88 Å². The molecule has 0 saturated carbocycles. The number of amides is 1. The number of carbonyl (C=O) groups is 1. The van der Waals surface area contributed by atoms with Crippen molar-refractivity contribution in [3.05, 3.63) is 30.4 Å². The van der Waals surface area contributed by atoms with Gasteiger partial charge >= 0.3 is 6.09 Å². The highest BCUT2D eigenvalue weighted by Crippen LogP contribution is 2.32. The molecule has 4 rings (SSSR count). The summed E-state index contributed by atoms with van der Waals surface area (Å²) in [4.78, 5) is 19.3. The lowest BCUT2D eigenvalue weighted by molar-refractivity contribution is -0.726. The predicted octanol–water partition coefficient (Wildman–Crippen LogP) is 2.67. The number of nitrogens with one attached hydrogen (secondary N) is 1. The van der Waals surface area contributed by atoms with E-state index in [1.54, 1.807) is 22.7 Å². The number of ether oxygens (including phenoxy) is 2. The van der Waals surface area contributed by atoms with Crippen LogP contribution in [0.1, 0.15) is 45.2 Å². The van der Waals surface area contributed by atoms with Crippen molar-refractivity contribution in [2.45, 2.75) is 45.1 Å². The summed E-state index contributed by atoms with van der Waals surface area (Å²) in [6.07, 6.45) is 7.29. The maximum absolute atomic E-state index is 12.6. The molecule has 1 aliphatic heterocycles. The maximum atomic E-state index is 12.6. The van der Waals surface area contributed by atoms with Crippen molar-refractivity contribution < 1.29 is 19.0 Å². The fourth-order valence-corrected chi connectivity index (χ4v) is 3.82. The van der Waals surface area contributed by atoms with Gasteiger partial charge in [-0.1, -0.05) is 0 Å². The number of rotatable bonds is 3. The number of aromatic nitrogens is 5. The summed E-state index contributed by atoms with van der Waals surface area (Å²) in [5.74, 6) is 0.728. The van der Waals surface area contributed by atoms with Crippen molar-refractivity contribution in [1.29, 1.82) is 0 Å². The lowest BCUT2D eigenvalue weighted by atomic mass is 9.94. The first kappa shape index (κ1) is 20.2. The Bertz CT molecular complexity index is 1060. The minimum atomic E-state index is -0.510. The second-order valence-corrected chi connectivity index (χ2v) is 8.75. The molecule has 0 aromatic carbocycles. The average Bonchev–Trinajstić information content (AvgIpc) is 3.31. The number of hydrogen-bond donors (Lipinski definition) is 1. The third-order valence-electron chi connectivity index (χ3n) is 5.23. The van der Waals surface area contributed by atoms with Gasteiger partial charge in [-0.15, -0.1) is 4.68 Å². The van der Waals surface area contributed by atoms with Crippen LogP contribution in [-0.4, -0.2) is 56.5 Å². The Kier molecular flexibility index (Phi) is 5.13. The third-order valence-corrected chi connectivity index (χ3v) is 5.23. The van der Waals surface area contributed by atoms with E-state index in [4.69, 9.17) is 14.5 Å². The van der Waals surface area contributed by atoms with Gasteiger partial charge in [0.05, 0.1) is 36.3 Å². The zero-order valence-electron chi connectivity index (χ0n) is 18.2. The van der Waals surface area contributed by atoms with Crippen LogP contribution >= 0.6 is 0 Å². The fourth-order valence-electron chi connectivity index (χ4n) is 3.82. The van der Waals surface area contributed by atoms with Crippen LogP contribution in [0.4, 0.5) is 4.79 Å². The first-order valence-corrected chi connectivity index (χ1v) is 10.2. The zero-order chi connectivity index (χ0) is 21.5. The molecule has 3 aromatic heterocycles. The molecule has 1 fully saturated rings. The van der Waals surface area contributed by atoms with E-state index >= 15 is 0 Å². The van der Waals surface area contributed by atoms with Gasteiger partial charge in [0.1, 0.15) is 5.60 Å². The van der Waals surface area contributed by atoms with Gasteiger partial charge in [-0.2, -0.15) is 14.7 Å². The molecule has 9 heteroatoms. The summed E-state index contributed by atoms with van der Waals surface area (Å²) in [5.41, 5.74) is 3.04. The van der Waals surface area contributed by atoms with Gasteiger partial charge in [0.15, 0.2) is 12.7 Å². The summed E-state index contributed by atoms with van der Waals surface area (Å²) >= 11 is 0. The molecule has 1 atom stereocenters. The van der Waals surface area contributed by atoms with Gasteiger partial charge in [-0.25, -0.2) is 9.78 Å².